The zero-order valence-electron chi connectivity index (χ0n) is 12.5. The predicted molar refractivity (Wildman–Crippen MR) is 74.4 cm³/mol. The van der Waals surface area contributed by atoms with Crippen LogP contribution in [0.5, 0.6) is 0 Å². The van der Waals surface area contributed by atoms with Gasteiger partial charge in [0.05, 0.1) is 6.54 Å². The normalized spacial score (nSPS) is 15.6. The molecule has 22 heavy (non-hydrogen) atoms. The molecular formula is C13H18F2N2O4S. The molecule has 0 unspecified atom stereocenters. The van der Waals surface area contributed by atoms with Crippen LogP contribution in [-0.2, 0) is 10.0 Å². The summed E-state index contributed by atoms with van der Waals surface area (Å²) >= 11 is 0. The van der Waals surface area contributed by atoms with Crippen LogP contribution in [0, 0.1) is 6.92 Å². The maximum atomic E-state index is 12.6. The lowest BCUT2D eigenvalue weighted by atomic mass is 10.3. The molecule has 0 aliphatic heterocycles. The minimum Gasteiger partial charge on any atom is -0.455 e. The van der Waals surface area contributed by atoms with E-state index in [2.05, 4.69) is 0 Å². The number of sulfonamides is 1. The molecule has 2 rings (SSSR count). The summed E-state index contributed by atoms with van der Waals surface area (Å²) in [4.78, 5) is 13.2. The van der Waals surface area contributed by atoms with Crippen LogP contribution in [0.1, 0.15) is 29.2 Å². The second-order valence-corrected chi connectivity index (χ2v) is 7.52. The highest BCUT2D eigenvalue weighted by molar-refractivity contribution is 7.89. The minimum absolute atomic E-state index is 0.0600. The molecule has 1 saturated carbocycles. The van der Waals surface area contributed by atoms with Crippen molar-refractivity contribution in [2.45, 2.75) is 37.1 Å². The Kier molecular flexibility index (Phi) is 4.57. The van der Waals surface area contributed by atoms with Crippen molar-refractivity contribution in [1.29, 1.82) is 0 Å². The highest BCUT2D eigenvalue weighted by atomic mass is 32.2. The lowest BCUT2D eigenvalue weighted by Gasteiger charge is -2.20. The molecular weight excluding hydrogens is 318 g/mol. The van der Waals surface area contributed by atoms with Gasteiger partial charge in [0.25, 0.3) is 12.3 Å². The van der Waals surface area contributed by atoms with Gasteiger partial charge < -0.3 is 9.32 Å². The molecule has 1 aliphatic carbocycles. The van der Waals surface area contributed by atoms with Gasteiger partial charge in [-0.05, 0) is 19.8 Å². The first-order valence-electron chi connectivity index (χ1n) is 6.76. The van der Waals surface area contributed by atoms with Gasteiger partial charge in [0.15, 0.2) is 5.76 Å². The Morgan fingerprint density at radius 1 is 1.41 bits per heavy atom. The van der Waals surface area contributed by atoms with Crippen molar-refractivity contribution in [3.8, 4) is 0 Å². The predicted octanol–water partition coefficient (Wildman–Crippen LogP) is 1.71. The van der Waals surface area contributed by atoms with Gasteiger partial charge in [0.1, 0.15) is 10.7 Å². The Hall–Kier alpha value is -1.48. The number of halogens is 2. The van der Waals surface area contributed by atoms with Crippen molar-refractivity contribution in [1.82, 2.24) is 9.21 Å². The first kappa shape index (κ1) is 16.9. The van der Waals surface area contributed by atoms with E-state index in [0.717, 1.165) is 15.3 Å². The fourth-order valence-corrected chi connectivity index (χ4v) is 3.15. The third kappa shape index (κ3) is 3.30. The van der Waals surface area contributed by atoms with Gasteiger partial charge in [-0.25, -0.2) is 21.5 Å². The summed E-state index contributed by atoms with van der Waals surface area (Å²) in [5, 5.41) is 0. The summed E-state index contributed by atoms with van der Waals surface area (Å²) in [5.74, 6) is -0.874. The van der Waals surface area contributed by atoms with Gasteiger partial charge >= 0.3 is 0 Å². The number of carbonyl (C=O) groups is 1. The highest BCUT2D eigenvalue weighted by Gasteiger charge is 2.37. The summed E-state index contributed by atoms with van der Waals surface area (Å²) in [7, 11) is -1.04. The fourth-order valence-electron chi connectivity index (χ4n) is 2.10. The average Bonchev–Trinajstić information content (AvgIpc) is 3.17. The number of aryl methyl sites for hydroxylation is 1. The fraction of sp³-hybridized carbons (Fsp3) is 0.615. The third-order valence-electron chi connectivity index (χ3n) is 3.42. The largest absolute Gasteiger partial charge is 0.455 e. The van der Waals surface area contributed by atoms with E-state index in [4.69, 9.17) is 4.42 Å². The van der Waals surface area contributed by atoms with Crippen LogP contribution in [0.25, 0.3) is 0 Å². The smallest absolute Gasteiger partial charge is 0.290 e. The maximum absolute atomic E-state index is 12.6. The maximum Gasteiger partial charge on any atom is 0.290 e. The van der Waals surface area contributed by atoms with Gasteiger partial charge in [0.2, 0.25) is 10.0 Å². The van der Waals surface area contributed by atoms with Gasteiger partial charge in [-0.15, -0.1) is 0 Å². The molecule has 1 aromatic rings. The number of amides is 1. The molecule has 0 atom stereocenters. The Morgan fingerprint density at radius 2 is 2.00 bits per heavy atom. The number of hydrogen-bond donors (Lipinski definition) is 0. The molecule has 1 heterocycles. The third-order valence-corrected chi connectivity index (χ3v) is 5.35. The summed E-state index contributed by atoms with van der Waals surface area (Å²) in [6.45, 7) is 0.737. The number of hydrogen-bond acceptors (Lipinski definition) is 4. The average molecular weight is 336 g/mol. The van der Waals surface area contributed by atoms with E-state index in [-0.39, 0.29) is 22.5 Å². The van der Waals surface area contributed by atoms with E-state index in [1.165, 1.54) is 21.0 Å². The van der Waals surface area contributed by atoms with E-state index >= 15 is 0 Å². The second-order valence-electron chi connectivity index (χ2n) is 5.40. The van der Waals surface area contributed by atoms with Crippen LogP contribution in [0.4, 0.5) is 8.78 Å². The molecule has 0 spiro atoms. The van der Waals surface area contributed by atoms with E-state index in [9.17, 15) is 22.0 Å². The lowest BCUT2D eigenvalue weighted by Crippen LogP contribution is -2.36. The van der Waals surface area contributed by atoms with Crippen LogP contribution in [0.15, 0.2) is 15.4 Å². The van der Waals surface area contributed by atoms with E-state index in [1.807, 2.05) is 0 Å². The van der Waals surface area contributed by atoms with E-state index in [0.29, 0.717) is 12.8 Å². The first-order valence-corrected chi connectivity index (χ1v) is 8.20. The van der Waals surface area contributed by atoms with E-state index in [1.54, 1.807) is 0 Å². The van der Waals surface area contributed by atoms with Crippen LogP contribution < -0.4 is 0 Å². The number of alkyl halides is 2. The monoisotopic (exact) mass is 336 g/mol. The summed E-state index contributed by atoms with van der Waals surface area (Å²) in [5.41, 5.74) is 0. The van der Waals surface area contributed by atoms with Crippen molar-refractivity contribution in [3.05, 3.63) is 17.6 Å². The Labute approximate surface area is 127 Å². The molecule has 9 heteroatoms. The number of nitrogens with zero attached hydrogens (tertiary/aromatic N) is 2. The van der Waals surface area contributed by atoms with E-state index < -0.39 is 28.9 Å². The Bertz CT molecular complexity index is 666. The Balaban J connectivity index is 2.31. The van der Waals surface area contributed by atoms with Gasteiger partial charge in [-0.1, -0.05) is 0 Å². The molecule has 0 aromatic carbocycles. The minimum atomic E-state index is -3.75. The van der Waals surface area contributed by atoms with Crippen molar-refractivity contribution < 1.29 is 26.4 Å². The van der Waals surface area contributed by atoms with Gasteiger partial charge in [-0.2, -0.15) is 0 Å². The lowest BCUT2D eigenvalue weighted by molar-refractivity contribution is 0.0506. The number of carbonyl (C=O) groups excluding carboxylic acids is 1. The van der Waals surface area contributed by atoms with Crippen LogP contribution in [0.3, 0.4) is 0 Å². The summed E-state index contributed by atoms with van der Waals surface area (Å²) in [6, 6.07) is 0.884. The number of rotatable bonds is 6. The second kappa shape index (κ2) is 5.96. The first-order chi connectivity index (χ1) is 10.1. The molecule has 1 fully saturated rings. The van der Waals surface area contributed by atoms with Crippen molar-refractivity contribution in [2.24, 2.45) is 0 Å². The molecule has 0 radical (unpaired) electrons. The van der Waals surface area contributed by atoms with Crippen molar-refractivity contribution >= 4 is 15.9 Å². The zero-order chi connectivity index (χ0) is 16.7. The van der Waals surface area contributed by atoms with Gasteiger partial charge in [-0.3, -0.25) is 4.79 Å². The standard InChI is InChI=1S/C13H18F2N2O4S/c1-8-11(22(19,20)16(2)3)6-10(21-8)13(18)17(7-12(14)15)9-4-5-9/h6,9,12H,4-5,7H2,1-3H3. The number of furan rings is 1. The molecule has 124 valence electrons. The van der Waals surface area contributed by atoms with Crippen LogP contribution in [0.2, 0.25) is 0 Å². The highest BCUT2D eigenvalue weighted by Crippen LogP contribution is 2.30. The van der Waals surface area contributed by atoms with Crippen LogP contribution in [-0.4, -0.2) is 56.6 Å². The Morgan fingerprint density at radius 3 is 2.45 bits per heavy atom. The topological polar surface area (TPSA) is 70.8 Å². The summed E-state index contributed by atoms with van der Waals surface area (Å²) < 4.78 is 55.6. The molecule has 1 aromatic heterocycles. The van der Waals surface area contributed by atoms with Crippen molar-refractivity contribution in [3.63, 3.8) is 0 Å². The molecule has 1 amide bonds. The molecule has 0 bridgehead atoms. The molecule has 1 aliphatic rings. The van der Waals surface area contributed by atoms with Crippen LogP contribution >= 0.6 is 0 Å². The molecule has 0 N–H and O–H groups in total. The van der Waals surface area contributed by atoms with Gasteiger partial charge in [0, 0.05) is 26.2 Å². The molecule has 0 saturated heterocycles. The zero-order valence-corrected chi connectivity index (χ0v) is 13.4. The molecule has 6 nitrogen and oxygen atoms in total. The van der Waals surface area contributed by atoms with Crippen molar-refractivity contribution in [2.75, 3.05) is 20.6 Å². The summed E-state index contributed by atoms with van der Waals surface area (Å²) in [6.07, 6.45) is -1.31. The quantitative estimate of drug-likeness (QED) is 0.793. The SMILES string of the molecule is Cc1oc(C(=O)N(CC(F)F)C2CC2)cc1S(=O)(=O)N(C)C.